The van der Waals surface area contributed by atoms with E-state index in [1.165, 1.54) is 9.91 Å². The lowest BCUT2D eigenvalue weighted by Gasteiger charge is -2.24. The third kappa shape index (κ3) is 6.10. The number of nitrogens with one attached hydrogen (secondary N) is 2. The highest BCUT2D eigenvalue weighted by molar-refractivity contribution is 7.80. The molecule has 8 heteroatoms. The van der Waals surface area contributed by atoms with Crippen LogP contribution in [0.3, 0.4) is 0 Å². The van der Waals surface area contributed by atoms with Crippen molar-refractivity contribution in [2.45, 2.75) is 25.4 Å². The number of amides is 3. The van der Waals surface area contributed by atoms with E-state index in [0.717, 1.165) is 11.1 Å². The largest absolute Gasteiger partial charge is 0.356 e. The summed E-state index contributed by atoms with van der Waals surface area (Å²) < 4.78 is 0. The summed E-state index contributed by atoms with van der Waals surface area (Å²) in [6, 6.07) is 27.0. The lowest BCUT2D eigenvalue weighted by molar-refractivity contribution is -0.132. The van der Waals surface area contributed by atoms with Crippen LogP contribution in [0.25, 0.3) is 0 Å². The zero-order chi connectivity index (χ0) is 24.6. The average Bonchev–Trinajstić information content (AvgIpc) is 3.09. The summed E-state index contributed by atoms with van der Waals surface area (Å²) in [6.07, 6.45) is 0.548. The van der Waals surface area contributed by atoms with Crippen molar-refractivity contribution in [3.05, 3.63) is 108 Å². The molecular formula is C27H26N4O3S. The first-order valence-corrected chi connectivity index (χ1v) is 11.8. The van der Waals surface area contributed by atoms with Gasteiger partial charge in [0.25, 0.3) is 11.8 Å². The second-order valence-electron chi connectivity index (χ2n) is 8.17. The second-order valence-corrected chi connectivity index (χ2v) is 8.54. The first-order valence-electron chi connectivity index (χ1n) is 11.4. The van der Waals surface area contributed by atoms with Crippen molar-refractivity contribution in [2.24, 2.45) is 0 Å². The van der Waals surface area contributed by atoms with Gasteiger partial charge >= 0.3 is 0 Å². The number of benzene rings is 3. The van der Waals surface area contributed by atoms with Gasteiger partial charge in [-0.25, -0.2) is 5.01 Å². The molecule has 0 unspecified atom stereocenters. The van der Waals surface area contributed by atoms with Gasteiger partial charge in [0, 0.05) is 12.1 Å². The molecule has 178 valence electrons. The molecule has 1 heterocycles. The van der Waals surface area contributed by atoms with Crippen molar-refractivity contribution in [2.75, 3.05) is 6.54 Å². The van der Waals surface area contributed by atoms with E-state index in [1.54, 1.807) is 24.3 Å². The highest BCUT2D eigenvalue weighted by Crippen LogP contribution is 2.22. The Balaban J connectivity index is 1.46. The van der Waals surface area contributed by atoms with Crippen molar-refractivity contribution in [3.63, 3.8) is 0 Å². The summed E-state index contributed by atoms with van der Waals surface area (Å²) in [6.45, 7) is 0.695. The summed E-state index contributed by atoms with van der Waals surface area (Å²) in [5.41, 5.74) is 5.17. The molecule has 7 nitrogen and oxygen atoms in total. The van der Waals surface area contributed by atoms with Crippen LogP contribution < -0.4 is 10.7 Å². The SMILES string of the molecule is O=C(C[C@H]1C(=O)N(Cc2ccccc2)C(=S)N1NC(=O)c1ccccc1)NCCc1ccccc1. The summed E-state index contributed by atoms with van der Waals surface area (Å²) >= 11 is 5.57. The lowest BCUT2D eigenvalue weighted by Crippen LogP contribution is -2.50. The van der Waals surface area contributed by atoms with Crippen LogP contribution in [-0.2, 0) is 22.6 Å². The van der Waals surface area contributed by atoms with Gasteiger partial charge < -0.3 is 5.32 Å². The number of carbonyl (C=O) groups excluding carboxylic acids is 3. The molecule has 0 saturated carbocycles. The monoisotopic (exact) mass is 486 g/mol. The van der Waals surface area contributed by atoms with Gasteiger partial charge in [0.05, 0.1) is 13.0 Å². The van der Waals surface area contributed by atoms with E-state index in [1.807, 2.05) is 66.7 Å². The Morgan fingerprint density at radius 1 is 0.829 bits per heavy atom. The van der Waals surface area contributed by atoms with Crippen LogP contribution in [0.5, 0.6) is 0 Å². The Morgan fingerprint density at radius 2 is 1.40 bits per heavy atom. The first kappa shape index (κ1) is 24.1. The zero-order valence-electron chi connectivity index (χ0n) is 19.1. The molecule has 1 atom stereocenters. The number of hydrazine groups is 1. The highest BCUT2D eigenvalue weighted by Gasteiger charge is 2.44. The third-order valence-electron chi connectivity index (χ3n) is 5.70. The molecule has 0 aromatic heterocycles. The summed E-state index contributed by atoms with van der Waals surface area (Å²) in [5, 5.41) is 4.37. The van der Waals surface area contributed by atoms with Crippen LogP contribution >= 0.6 is 12.2 Å². The van der Waals surface area contributed by atoms with E-state index in [2.05, 4.69) is 10.7 Å². The topological polar surface area (TPSA) is 81.8 Å². The van der Waals surface area contributed by atoms with Gasteiger partial charge in [-0.1, -0.05) is 78.9 Å². The minimum atomic E-state index is -0.935. The van der Waals surface area contributed by atoms with Gasteiger partial charge in [-0.3, -0.25) is 24.7 Å². The van der Waals surface area contributed by atoms with E-state index in [-0.39, 0.29) is 29.9 Å². The van der Waals surface area contributed by atoms with Crippen molar-refractivity contribution in [3.8, 4) is 0 Å². The summed E-state index contributed by atoms with van der Waals surface area (Å²) in [5.74, 6) is -1.02. The lowest BCUT2D eigenvalue weighted by atomic mass is 10.1. The quantitative estimate of drug-likeness (QED) is 0.455. The molecule has 2 N–H and O–H groups in total. The number of thiocarbonyl (C=S) groups is 1. The van der Waals surface area contributed by atoms with Crippen molar-refractivity contribution in [1.82, 2.24) is 20.7 Å². The second kappa shape index (κ2) is 11.4. The van der Waals surface area contributed by atoms with Crippen LogP contribution in [0.1, 0.15) is 27.9 Å². The Hall–Kier alpha value is -4.04. The van der Waals surface area contributed by atoms with E-state index >= 15 is 0 Å². The van der Waals surface area contributed by atoms with Crippen molar-refractivity contribution < 1.29 is 14.4 Å². The first-order chi connectivity index (χ1) is 17.0. The van der Waals surface area contributed by atoms with Gasteiger partial charge in [-0.2, -0.15) is 0 Å². The zero-order valence-corrected chi connectivity index (χ0v) is 19.9. The molecule has 1 saturated heterocycles. The minimum Gasteiger partial charge on any atom is -0.356 e. The molecule has 0 aliphatic carbocycles. The van der Waals surface area contributed by atoms with Gasteiger partial charge in [0.15, 0.2) is 5.11 Å². The van der Waals surface area contributed by atoms with E-state index in [4.69, 9.17) is 12.2 Å². The fourth-order valence-corrected chi connectivity index (χ4v) is 4.19. The molecule has 3 amide bonds. The maximum Gasteiger partial charge on any atom is 0.269 e. The number of carbonyl (C=O) groups is 3. The molecule has 0 spiro atoms. The minimum absolute atomic E-state index is 0.131. The predicted octanol–water partition coefficient (Wildman–Crippen LogP) is 3.08. The smallest absolute Gasteiger partial charge is 0.269 e. The number of nitrogens with zero attached hydrogens (tertiary/aromatic N) is 2. The fourth-order valence-electron chi connectivity index (χ4n) is 3.87. The molecule has 0 radical (unpaired) electrons. The van der Waals surface area contributed by atoms with Crippen molar-refractivity contribution >= 4 is 35.1 Å². The third-order valence-corrected chi connectivity index (χ3v) is 6.12. The molecule has 1 aliphatic rings. The molecule has 3 aromatic carbocycles. The van der Waals surface area contributed by atoms with E-state index < -0.39 is 11.9 Å². The highest BCUT2D eigenvalue weighted by atomic mass is 32.1. The van der Waals surface area contributed by atoms with Crippen LogP contribution in [0.15, 0.2) is 91.0 Å². The predicted molar refractivity (Wildman–Crippen MR) is 137 cm³/mol. The molecule has 1 fully saturated rings. The van der Waals surface area contributed by atoms with Crippen molar-refractivity contribution in [1.29, 1.82) is 0 Å². The summed E-state index contributed by atoms with van der Waals surface area (Å²) in [4.78, 5) is 40.4. The van der Waals surface area contributed by atoms with E-state index in [0.29, 0.717) is 18.5 Å². The van der Waals surface area contributed by atoms with Crippen LogP contribution in [0.2, 0.25) is 0 Å². The number of rotatable bonds is 9. The van der Waals surface area contributed by atoms with Crippen LogP contribution in [0.4, 0.5) is 0 Å². The Bertz CT molecular complexity index is 1190. The summed E-state index contributed by atoms with van der Waals surface area (Å²) in [7, 11) is 0. The molecule has 35 heavy (non-hydrogen) atoms. The number of hydrogen-bond donors (Lipinski definition) is 2. The molecule has 1 aliphatic heterocycles. The molecule has 4 rings (SSSR count). The molecular weight excluding hydrogens is 460 g/mol. The standard InChI is InChI=1S/C27H26N4O3S/c32-24(28-17-16-20-10-4-1-5-11-20)18-23-26(34)30(19-21-12-6-2-7-13-21)27(35)31(23)29-25(33)22-14-8-3-9-15-22/h1-15,23H,16-19H2,(H,28,32)(H,29,33)/t23-/m0/s1. The fraction of sp³-hybridized carbons (Fsp3) is 0.185. The maximum absolute atomic E-state index is 13.3. The number of hydrogen-bond acceptors (Lipinski definition) is 4. The molecule has 3 aromatic rings. The molecule has 0 bridgehead atoms. The van der Waals surface area contributed by atoms with Crippen LogP contribution in [-0.4, -0.2) is 45.3 Å². The van der Waals surface area contributed by atoms with Gasteiger partial charge in [0.1, 0.15) is 6.04 Å². The average molecular weight is 487 g/mol. The maximum atomic E-state index is 13.3. The Labute approximate surface area is 209 Å². The van der Waals surface area contributed by atoms with E-state index in [9.17, 15) is 14.4 Å². The van der Waals surface area contributed by atoms with Crippen LogP contribution in [0, 0.1) is 0 Å². The normalized spacial score (nSPS) is 15.3. The van der Waals surface area contributed by atoms with Gasteiger partial charge in [0.2, 0.25) is 5.91 Å². The Kier molecular flexibility index (Phi) is 7.84. The van der Waals surface area contributed by atoms with Gasteiger partial charge in [-0.15, -0.1) is 0 Å². The Morgan fingerprint density at radius 3 is 2.03 bits per heavy atom. The van der Waals surface area contributed by atoms with Gasteiger partial charge in [-0.05, 0) is 41.9 Å².